The summed E-state index contributed by atoms with van der Waals surface area (Å²) in [5, 5.41) is 2.83. The highest BCUT2D eigenvalue weighted by Crippen LogP contribution is 2.40. The van der Waals surface area contributed by atoms with Gasteiger partial charge in [-0.25, -0.2) is 4.39 Å². The van der Waals surface area contributed by atoms with Gasteiger partial charge < -0.3 is 19.9 Å². The number of hydrogen-bond acceptors (Lipinski definition) is 4. The molecule has 1 N–H and O–H groups in total. The van der Waals surface area contributed by atoms with Crippen LogP contribution in [0.1, 0.15) is 11.1 Å². The summed E-state index contributed by atoms with van der Waals surface area (Å²) in [6.45, 7) is 1.72. The van der Waals surface area contributed by atoms with E-state index in [1.165, 1.54) is 30.3 Å². The number of amides is 1. The molecule has 0 aromatic heterocycles. The zero-order valence-corrected chi connectivity index (χ0v) is 19.6. The lowest BCUT2D eigenvalue weighted by Gasteiger charge is -2.49. The molecular weight excluding hydrogens is 474 g/mol. The third-order valence-corrected chi connectivity index (χ3v) is 6.93. The van der Waals surface area contributed by atoms with Crippen LogP contribution in [0.15, 0.2) is 66.7 Å². The fourth-order valence-corrected chi connectivity index (χ4v) is 5.10. The van der Waals surface area contributed by atoms with Gasteiger partial charge in [-0.15, -0.1) is 0 Å². The van der Waals surface area contributed by atoms with Gasteiger partial charge in [0.15, 0.2) is 0 Å². The summed E-state index contributed by atoms with van der Waals surface area (Å²) in [4.78, 5) is 17.7. The Balaban J connectivity index is 1.47. The first-order valence-electron chi connectivity index (χ1n) is 11.6. The number of methoxy groups -OCH3 is 1. The highest BCUT2D eigenvalue weighted by Gasteiger charge is 2.43. The Morgan fingerprint density at radius 3 is 2.39 bits per heavy atom. The van der Waals surface area contributed by atoms with Crippen LogP contribution >= 0.6 is 0 Å². The lowest BCUT2D eigenvalue weighted by atomic mass is 9.82. The summed E-state index contributed by atoms with van der Waals surface area (Å²) in [6, 6.07) is 16.6. The van der Waals surface area contributed by atoms with E-state index in [0.29, 0.717) is 30.9 Å². The van der Waals surface area contributed by atoms with Crippen molar-refractivity contribution in [3.63, 3.8) is 0 Å². The van der Waals surface area contributed by atoms with Crippen LogP contribution in [0.4, 0.5) is 34.6 Å². The van der Waals surface area contributed by atoms with Crippen LogP contribution in [0.2, 0.25) is 0 Å². The highest BCUT2D eigenvalue weighted by atomic mass is 19.4. The molecule has 2 aliphatic heterocycles. The van der Waals surface area contributed by atoms with Gasteiger partial charge in [0, 0.05) is 36.7 Å². The second kappa shape index (κ2) is 9.37. The van der Waals surface area contributed by atoms with Gasteiger partial charge in [-0.05, 0) is 78.7 Å². The summed E-state index contributed by atoms with van der Waals surface area (Å²) in [5.74, 6) is -0.600. The molecule has 3 aromatic rings. The lowest BCUT2D eigenvalue weighted by molar-refractivity contribution is -0.137. The minimum absolute atomic E-state index is 0.171. The topological polar surface area (TPSA) is 44.8 Å². The van der Waals surface area contributed by atoms with Crippen molar-refractivity contribution in [2.24, 2.45) is 5.92 Å². The maximum absolute atomic E-state index is 13.4. The number of anilines is 3. The van der Waals surface area contributed by atoms with E-state index in [-0.39, 0.29) is 18.4 Å². The van der Waals surface area contributed by atoms with E-state index in [1.807, 2.05) is 29.2 Å². The average Bonchev–Trinajstić information content (AvgIpc) is 2.88. The number of hydrogen-bond donors (Lipinski definition) is 1. The summed E-state index contributed by atoms with van der Waals surface area (Å²) in [7, 11) is 1.60. The van der Waals surface area contributed by atoms with E-state index in [0.717, 1.165) is 29.3 Å². The number of rotatable bonds is 4. The maximum Gasteiger partial charge on any atom is 0.416 e. The molecule has 188 valence electrons. The van der Waals surface area contributed by atoms with Crippen molar-refractivity contribution in [3.05, 3.63) is 83.7 Å². The number of benzene rings is 3. The molecule has 0 saturated carbocycles. The van der Waals surface area contributed by atoms with E-state index < -0.39 is 23.5 Å². The Labute approximate surface area is 206 Å². The highest BCUT2D eigenvalue weighted by molar-refractivity contribution is 5.94. The van der Waals surface area contributed by atoms with E-state index in [2.05, 4.69) is 10.2 Å². The van der Waals surface area contributed by atoms with Gasteiger partial charge in [0.05, 0.1) is 24.6 Å². The Hall–Kier alpha value is -3.75. The fraction of sp³-hybridized carbons (Fsp3) is 0.296. The monoisotopic (exact) mass is 499 g/mol. The van der Waals surface area contributed by atoms with Crippen LogP contribution in [0.25, 0.3) is 0 Å². The predicted octanol–water partition coefficient (Wildman–Crippen LogP) is 5.36. The Kier molecular flexibility index (Phi) is 6.24. The van der Waals surface area contributed by atoms with Gasteiger partial charge in [-0.2, -0.15) is 13.2 Å². The Morgan fingerprint density at radius 2 is 1.72 bits per heavy atom. The molecule has 0 aliphatic carbocycles. The molecule has 1 fully saturated rings. The number of carbonyl (C=O) groups is 1. The van der Waals surface area contributed by atoms with Crippen LogP contribution in [-0.4, -0.2) is 38.7 Å². The first-order valence-corrected chi connectivity index (χ1v) is 11.6. The number of carbonyl (C=O) groups excluding carboxylic acids is 1. The quantitative estimate of drug-likeness (QED) is 0.491. The van der Waals surface area contributed by atoms with E-state index >= 15 is 0 Å². The smallest absolute Gasteiger partial charge is 0.416 e. The predicted molar refractivity (Wildman–Crippen MR) is 130 cm³/mol. The second-order valence-corrected chi connectivity index (χ2v) is 9.05. The van der Waals surface area contributed by atoms with Crippen LogP contribution in [-0.2, 0) is 17.4 Å². The van der Waals surface area contributed by atoms with Crippen molar-refractivity contribution >= 4 is 23.0 Å². The molecule has 0 bridgehead atoms. The van der Waals surface area contributed by atoms with E-state index in [1.54, 1.807) is 7.11 Å². The molecule has 2 aliphatic rings. The van der Waals surface area contributed by atoms with Gasteiger partial charge in [0.2, 0.25) is 5.91 Å². The Bertz CT molecular complexity index is 1250. The SMILES string of the molecule is COc1ccc(N2CCN3c4ccc(C(F)(F)F)cc4C[C@@H](C(=O)Nc4ccc(F)cc4)[C@H]3C2)cc1. The third kappa shape index (κ3) is 4.69. The van der Waals surface area contributed by atoms with Crippen LogP contribution in [0, 0.1) is 11.7 Å². The van der Waals surface area contributed by atoms with Crippen molar-refractivity contribution in [2.75, 3.05) is 41.9 Å². The minimum atomic E-state index is -4.47. The molecule has 5 nitrogen and oxygen atoms in total. The average molecular weight is 500 g/mol. The van der Waals surface area contributed by atoms with Crippen molar-refractivity contribution in [3.8, 4) is 5.75 Å². The van der Waals surface area contributed by atoms with E-state index in [4.69, 9.17) is 4.74 Å². The normalized spacial score (nSPS) is 19.4. The molecule has 0 spiro atoms. The second-order valence-electron chi connectivity index (χ2n) is 9.05. The van der Waals surface area contributed by atoms with Crippen molar-refractivity contribution in [2.45, 2.75) is 18.6 Å². The first kappa shape index (κ1) is 24.0. The molecule has 0 radical (unpaired) electrons. The molecule has 0 unspecified atom stereocenters. The molecule has 1 saturated heterocycles. The Morgan fingerprint density at radius 1 is 1.00 bits per heavy atom. The number of nitrogens with one attached hydrogen (secondary N) is 1. The molecule has 3 aromatic carbocycles. The standard InChI is InChI=1S/C27H25F4N3O2/c1-36-22-9-7-21(8-10-22)33-12-13-34-24-11-2-18(27(29,30)31)14-17(24)15-23(25(34)16-33)26(35)32-20-5-3-19(28)4-6-20/h2-11,14,23,25H,12-13,15-16H2,1H3,(H,32,35)/t23-,25-/m1/s1. The number of halogens is 4. The zero-order valence-electron chi connectivity index (χ0n) is 19.6. The van der Waals surface area contributed by atoms with Gasteiger partial charge >= 0.3 is 6.18 Å². The molecule has 2 atom stereocenters. The summed E-state index contributed by atoms with van der Waals surface area (Å²) >= 11 is 0. The third-order valence-electron chi connectivity index (χ3n) is 6.93. The van der Waals surface area contributed by atoms with Crippen LogP contribution in [0.3, 0.4) is 0 Å². The number of alkyl halides is 3. The number of fused-ring (bicyclic) bond motifs is 3. The van der Waals surface area contributed by atoms with Gasteiger partial charge in [0.1, 0.15) is 11.6 Å². The molecule has 2 heterocycles. The van der Waals surface area contributed by atoms with Gasteiger partial charge in [0.25, 0.3) is 0 Å². The van der Waals surface area contributed by atoms with Crippen LogP contribution < -0.4 is 19.9 Å². The molecule has 5 rings (SSSR count). The zero-order chi connectivity index (χ0) is 25.4. The summed E-state index contributed by atoms with van der Waals surface area (Å²) in [5.41, 5.74) is 1.91. The minimum Gasteiger partial charge on any atom is -0.497 e. The number of piperazine rings is 1. The van der Waals surface area contributed by atoms with Gasteiger partial charge in [-0.3, -0.25) is 4.79 Å². The first-order chi connectivity index (χ1) is 17.2. The lowest BCUT2D eigenvalue weighted by Crippen LogP contribution is -2.60. The molecule has 9 heteroatoms. The molecule has 1 amide bonds. The number of nitrogens with zero attached hydrogens (tertiary/aromatic N) is 2. The largest absolute Gasteiger partial charge is 0.497 e. The van der Waals surface area contributed by atoms with Gasteiger partial charge in [-0.1, -0.05) is 0 Å². The van der Waals surface area contributed by atoms with Crippen molar-refractivity contribution in [1.29, 1.82) is 0 Å². The summed E-state index contributed by atoms with van der Waals surface area (Å²) < 4.78 is 58.8. The maximum atomic E-state index is 13.4. The van der Waals surface area contributed by atoms with Crippen molar-refractivity contribution in [1.82, 2.24) is 0 Å². The number of ether oxygens (including phenoxy) is 1. The summed E-state index contributed by atoms with van der Waals surface area (Å²) in [6.07, 6.45) is -4.30. The fourth-order valence-electron chi connectivity index (χ4n) is 5.10. The molecule has 36 heavy (non-hydrogen) atoms. The van der Waals surface area contributed by atoms with E-state index in [9.17, 15) is 22.4 Å². The van der Waals surface area contributed by atoms with Crippen LogP contribution in [0.5, 0.6) is 5.75 Å². The molecular formula is C27H25F4N3O2. The van der Waals surface area contributed by atoms with Crippen molar-refractivity contribution < 1.29 is 27.1 Å².